The van der Waals surface area contributed by atoms with E-state index in [9.17, 15) is 9.50 Å². The molecule has 1 unspecified atom stereocenters. The topological polar surface area (TPSA) is 109 Å². The molecule has 3 aromatic rings. The van der Waals surface area contributed by atoms with E-state index in [0.29, 0.717) is 31.3 Å². The molecule has 2 saturated heterocycles. The first-order valence-electron chi connectivity index (χ1n) is 12.1. The van der Waals surface area contributed by atoms with Gasteiger partial charge in [0.25, 0.3) is 0 Å². The molecule has 0 amide bonds. The number of nitrogens with two attached hydrogens (primary N) is 1. The van der Waals surface area contributed by atoms with Crippen LogP contribution in [-0.4, -0.2) is 87.8 Å². The normalized spacial score (nSPS) is 20.2. The SMILES string of the molecule is Cc1c(/C=C/CN2CCN3c4cc(F)ccc4OCC3C2)cnn1-c1cc(N2CC(O)C2)nc(N)n1. The number of nitrogen functional groups attached to an aromatic ring is 1. The number of aromatic nitrogens is 4. The molecule has 0 aliphatic carbocycles. The monoisotopic (exact) mass is 492 g/mol. The van der Waals surface area contributed by atoms with Gasteiger partial charge in [-0.2, -0.15) is 15.1 Å². The summed E-state index contributed by atoms with van der Waals surface area (Å²) in [6.07, 6.45) is 5.70. The van der Waals surface area contributed by atoms with E-state index in [0.717, 1.165) is 48.9 Å². The Kier molecular flexibility index (Phi) is 5.73. The number of hydrogen-bond acceptors (Lipinski definition) is 9. The Morgan fingerprint density at radius 2 is 2.00 bits per heavy atom. The van der Waals surface area contributed by atoms with Gasteiger partial charge in [-0.05, 0) is 19.1 Å². The number of ether oxygens (including phenoxy) is 1. The molecule has 2 fully saturated rings. The Morgan fingerprint density at radius 1 is 1.17 bits per heavy atom. The molecule has 188 valence electrons. The number of aliphatic hydroxyl groups is 1. The predicted molar refractivity (Wildman–Crippen MR) is 135 cm³/mol. The first kappa shape index (κ1) is 22.7. The molecule has 10 nitrogen and oxygen atoms in total. The van der Waals surface area contributed by atoms with Crippen LogP contribution < -0.4 is 20.3 Å². The van der Waals surface area contributed by atoms with Gasteiger partial charge in [-0.15, -0.1) is 0 Å². The minimum Gasteiger partial charge on any atom is -0.489 e. The number of aliphatic hydroxyl groups excluding tert-OH is 1. The van der Waals surface area contributed by atoms with Gasteiger partial charge in [0.1, 0.15) is 24.0 Å². The van der Waals surface area contributed by atoms with Crippen LogP contribution in [0.1, 0.15) is 11.3 Å². The lowest BCUT2D eigenvalue weighted by Gasteiger charge is -2.45. The fourth-order valence-corrected chi connectivity index (χ4v) is 5.07. The molecule has 6 rings (SSSR count). The summed E-state index contributed by atoms with van der Waals surface area (Å²) in [7, 11) is 0. The molecule has 0 saturated carbocycles. The zero-order valence-corrected chi connectivity index (χ0v) is 20.1. The van der Waals surface area contributed by atoms with Gasteiger partial charge in [0, 0.05) is 57.0 Å². The number of piperazine rings is 1. The average Bonchev–Trinajstić information content (AvgIpc) is 3.21. The van der Waals surface area contributed by atoms with E-state index in [4.69, 9.17) is 10.5 Å². The predicted octanol–water partition coefficient (Wildman–Crippen LogP) is 1.47. The summed E-state index contributed by atoms with van der Waals surface area (Å²) in [5.41, 5.74) is 8.74. The van der Waals surface area contributed by atoms with Crippen molar-refractivity contribution in [3.63, 3.8) is 0 Å². The highest BCUT2D eigenvalue weighted by Gasteiger charge is 2.32. The van der Waals surface area contributed by atoms with Crippen LogP contribution >= 0.6 is 0 Å². The number of rotatable bonds is 5. The zero-order valence-electron chi connectivity index (χ0n) is 20.1. The summed E-state index contributed by atoms with van der Waals surface area (Å²) >= 11 is 0. The average molecular weight is 493 g/mol. The van der Waals surface area contributed by atoms with Crippen LogP contribution in [-0.2, 0) is 0 Å². The van der Waals surface area contributed by atoms with Gasteiger partial charge in [0.05, 0.1) is 29.7 Å². The molecule has 3 aliphatic heterocycles. The molecule has 3 N–H and O–H groups in total. The highest BCUT2D eigenvalue weighted by atomic mass is 19.1. The van der Waals surface area contributed by atoms with Crippen molar-refractivity contribution in [1.82, 2.24) is 24.6 Å². The Balaban J connectivity index is 1.11. The van der Waals surface area contributed by atoms with E-state index in [1.54, 1.807) is 16.8 Å². The van der Waals surface area contributed by atoms with E-state index in [1.165, 1.54) is 6.07 Å². The number of anilines is 3. The molecule has 0 spiro atoms. The van der Waals surface area contributed by atoms with Gasteiger partial charge in [0.2, 0.25) is 5.95 Å². The second-order valence-corrected chi connectivity index (χ2v) is 9.53. The lowest BCUT2D eigenvalue weighted by atomic mass is 10.1. The second-order valence-electron chi connectivity index (χ2n) is 9.53. The highest BCUT2D eigenvalue weighted by Crippen LogP contribution is 2.35. The van der Waals surface area contributed by atoms with Crippen molar-refractivity contribution >= 4 is 23.5 Å². The Labute approximate surface area is 208 Å². The maximum atomic E-state index is 13.8. The van der Waals surface area contributed by atoms with Crippen molar-refractivity contribution in [2.45, 2.75) is 19.1 Å². The summed E-state index contributed by atoms with van der Waals surface area (Å²) in [5, 5.41) is 14.1. The van der Waals surface area contributed by atoms with Crippen LogP contribution in [0.4, 0.5) is 21.8 Å². The van der Waals surface area contributed by atoms with Crippen molar-refractivity contribution in [1.29, 1.82) is 0 Å². The summed E-state index contributed by atoms with van der Waals surface area (Å²) in [5.74, 6) is 1.98. The van der Waals surface area contributed by atoms with Crippen molar-refractivity contribution < 1.29 is 14.2 Å². The van der Waals surface area contributed by atoms with E-state index < -0.39 is 0 Å². The van der Waals surface area contributed by atoms with Gasteiger partial charge in [-0.3, -0.25) is 4.90 Å². The number of hydrogen-bond donors (Lipinski definition) is 2. The number of nitrogens with zero attached hydrogens (tertiary/aromatic N) is 7. The van der Waals surface area contributed by atoms with Crippen LogP contribution in [0, 0.1) is 12.7 Å². The van der Waals surface area contributed by atoms with Gasteiger partial charge in [-0.1, -0.05) is 12.2 Å². The van der Waals surface area contributed by atoms with Crippen LogP contribution in [0.5, 0.6) is 5.75 Å². The molecule has 36 heavy (non-hydrogen) atoms. The van der Waals surface area contributed by atoms with Crippen molar-refractivity contribution in [2.24, 2.45) is 0 Å². The molecular weight excluding hydrogens is 463 g/mol. The fraction of sp³-hybridized carbons (Fsp3) is 0.400. The lowest BCUT2D eigenvalue weighted by molar-refractivity contribution is 0.141. The van der Waals surface area contributed by atoms with E-state index in [-0.39, 0.29) is 23.9 Å². The van der Waals surface area contributed by atoms with Gasteiger partial charge in [0.15, 0.2) is 5.82 Å². The van der Waals surface area contributed by atoms with E-state index >= 15 is 0 Å². The quantitative estimate of drug-likeness (QED) is 0.547. The zero-order chi connectivity index (χ0) is 24.8. The van der Waals surface area contributed by atoms with Crippen LogP contribution in [0.3, 0.4) is 0 Å². The molecule has 1 aromatic carbocycles. The van der Waals surface area contributed by atoms with Crippen LogP contribution in [0.15, 0.2) is 36.5 Å². The molecule has 2 aromatic heterocycles. The minimum atomic E-state index is -0.333. The largest absolute Gasteiger partial charge is 0.489 e. The third-order valence-corrected chi connectivity index (χ3v) is 7.06. The Hall–Kier alpha value is -3.70. The molecule has 0 radical (unpaired) electrons. The first-order valence-corrected chi connectivity index (χ1v) is 12.1. The summed E-state index contributed by atoms with van der Waals surface area (Å²) in [6.45, 7) is 7.04. The second kappa shape index (κ2) is 9.07. The maximum absolute atomic E-state index is 13.8. The summed E-state index contributed by atoms with van der Waals surface area (Å²) in [4.78, 5) is 15.2. The van der Waals surface area contributed by atoms with Crippen molar-refractivity contribution in [3.05, 3.63) is 53.6 Å². The Morgan fingerprint density at radius 3 is 2.83 bits per heavy atom. The first-order chi connectivity index (χ1) is 17.4. The number of β-amino-alcohol motifs (C(OH)–C–C–N with tert-alkyl or cyclic N) is 1. The van der Waals surface area contributed by atoms with Crippen molar-refractivity contribution in [2.75, 3.05) is 61.4 Å². The molecule has 0 bridgehead atoms. The molecule has 3 aliphatic rings. The molecule has 11 heteroatoms. The van der Waals surface area contributed by atoms with Crippen LogP contribution in [0.2, 0.25) is 0 Å². The van der Waals surface area contributed by atoms with Crippen LogP contribution in [0.25, 0.3) is 11.9 Å². The van der Waals surface area contributed by atoms with E-state index in [2.05, 4.69) is 37.0 Å². The smallest absolute Gasteiger partial charge is 0.224 e. The number of benzene rings is 1. The fourth-order valence-electron chi connectivity index (χ4n) is 5.07. The third kappa shape index (κ3) is 4.24. The minimum absolute atomic E-state index is 0.173. The van der Waals surface area contributed by atoms with E-state index in [1.807, 2.05) is 24.1 Å². The Bertz CT molecular complexity index is 1310. The lowest BCUT2D eigenvalue weighted by Crippen LogP contribution is -2.57. The molecule has 5 heterocycles. The summed E-state index contributed by atoms with van der Waals surface area (Å²) < 4.78 is 21.4. The number of fused-ring (bicyclic) bond motifs is 3. The standard InChI is InChI=1S/C25H29FN8O2/c1-16-17(11-28-34(16)24-10-23(29-25(27)30-24)32-13-20(35)14-32)3-2-6-31-7-8-33-19(12-31)15-36-22-5-4-18(26)9-21(22)33/h2-5,9-11,19-20,35H,6-8,12-15H2,1H3,(H2,27,29,30)/b3-2+. The maximum Gasteiger partial charge on any atom is 0.224 e. The van der Waals surface area contributed by atoms with Crippen molar-refractivity contribution in [3.8, 4) is 11.6 Å². The third-order valence-electron chi connectivity index (χ3n) is 7.06. The highest BCUT2D eigenvalue weighted by molar-refractivity contribution is 5.61. The molecule has 1 atom stereocenters. The molecular formula is C25H29FN8O2. The number of halogens is 1. The van der Waals surface area contributed by atoms with Gasteiger partial charge in [-0.25, -0.2) is 9.07 Å². The summed E-state index contributed by atoms with van der Waals surface area (Å²) in [6, 6.07) is 6.77. The van der Waals surface area contributed by atoms with Gasteiger partial charge < -0.3 is 25.4 Å². The van der Waals surface area contributed by atoms with Gasteiger partial charge >= 0.3 is 0 Å².